The molecule has 0 bridgehead atoms. The maximum absolute atomic E-state index is 6.88. The second-order valence-electron chi connectivity index (χ2n) is 11.6. The fourth-order valence-electron chi connectivity index (χ4n) is 6.31. The highest BCUT2D eigenvalue weighted by Gasteiger charge is 2.43. The molecule has 4 atom stereocenters. The second-order valence-corrected chi connectivity index (χ2v) is 11.6. The van der Waals surface area contributed by atoms with Gasteiger partial charge in [-0.15, -0.1) is 0 Å². The van der Waals surface area contributed by atoms with Crippen LogP contribution in [0.2, 0.25) is 0 Å². The van der Waals surface area contributed by atoms with Gasteiger partial charge in [0.15, 0.2) is 6.29 Å². The van der Waals surface area contributed by atoms with Crippen molar-refractivity contribution < 1.29 is 23.7 Å². The SMILES string of the molecule is c1ccc(COC[C@H]2O[C@@H](OC3c4ccccc4-c4ccccc43)C[C@@H](OCc3ccccc3)[C@@H]2OCc2ccccc2)cc1. The lowest BCUT2D eigenvalue weighted by atomic mass is 10.00. The van der Waals surface area contributed by atoms with Crippen LogP contribution in [0.15, 0.2) is 140 Å². The van der Waals surface area contributed by atoms with E-state index in [-0.39, 0.29) is 18.3 Å². The zero-order chi connectivity index (χ0) is 30.3. The third-order valence-corrected chi connectivity index (χ3v) is 8.53. The number of rotatable bonds is 12. The first-order valence-electron chi connectivity index (χ1n) is 15.7. The number of ether oxygens (including phenoxy) is 5. The fourth-order valence-corrected chi connectivity index (χ4v) is 6.31. The Bertz CT molecular complexity index is 1600. The molecule has 0 spiro atoms. The van der Waals surface area contributed by atoms with Crippen molar-refractivity contribution in [3.05, 3.63) is 167 Å². The molecule has 1 aliphatic heterocycles. The van der Waals surface area contributed by atoms with Gasteiger partial charge in [0, 0.05) is 6.42 Å². The highest BCUT2D eigenvalue weighted by atomic mass is 16.7. The summed E-state index contributed by atoms with van der Waals surface area (Å²) in [7, 11) is 0. The lowest BCUT2D eigenvalue weighted by molar-refractivity contribution is -0.285. The summed E-state index contributed by atoms with van der Waals surface area (Å²) in [6.07, 6.45) is -1.24. The quantitative estimate of drug-likeness (QED) is 0.145. The van der Waals surface area contributed by atoms with Gasteiger partial charge in [-0.05, 0) is 38.9 Å². The van der Waals surface area contributed by atoms with Crippen LogP contribution in [0, 0.1) is 0 Å². The van der Waals surface area contributed by atoms with E-state index in [9.17, 15) is 0 Å². The van der Waals surface area contributed by atoms with Crippen LogP contribution >= 0.6 is 0 Å². The van der Waals surface area contributed by atoms with Crippen LogP contribution in [0.1, 0.15) is 40.3 Å². The Morgan fingerprint density at radius 1 is 0.533 bits per heavy atom. The van der Waals surface area contributed by atoms with Crippen molar-refractivity contribution in [1.29, 1.82) is 0 Å². The van der Waals surface area contributed by atoms with Gasteiger partial charge < -0.3 is 23.7 Å². The molecular formula is C40H38O5. The summed E-state index contributed by atoms with van der Waals surface area (Å²) in [4.78, 5) is 0. The van der Waals surface area contributed by atoms with Crippen molar-refractivity contribution in [2.24, 2.45) is 0 Å². The van der Waals surface area contributed by atoms with Gasteiger partial charge in [-0.3, -0.25) is 0 Å². The number of benzene rings is 5. The van der Waals surface area contributed by atoms with E-state index in [1.165, 1.54) is 11.1 Å². The summed E-state index contributed by atoms with van der Waals surface area (Å²) in [6, 6.07) is 47.6. The number of fused-ring (bicyclic) bond motifs is 3. The smallest absolute Gasteiger partial charge is 0.162 e. The van der Waals surface area contributed by atoms with Crippen molar-refractivity contribution in [2.75, 3.05) is 6.61 Å². The molecule has 228 valence electrons. The third-order valence-electron chi connectivity index (χ3n) is 8.53. The predicted molar refractivity (Wildman–Crippen MR) is 174 cm³/mol. The molecule has 45 heavy (non-hydrogen) atoms. The molecule has 5 aromatic rings. The van der Waals surface area contributed by atoms with E-state index in [2.05, 4.69) is 84.9 Å². The Morgan fingerprint density at radius 3 is 1.60 bits per heavy atom. The fraction of sp³-hybridized carbons (Fsp3) is 0.250. The molecule has 1 aliphatic carbocycles. The minimum Gasteiger partial charge on any atom is -0.374 e. The lowest BCUT2D eigenvalue weighted by Gasteiger charge is -2.42. The van der Waals surface area contributed by atoms with Crippen LogP contribution in [0.25, 0.3) is 11.1 Å². The Hall–Kier alpha value is -4.10. The third kappa shape index (κ3) is 7.09. The van der Waals surface area contributed by atoms with Gasteiger partial charge in [0.1, 0.15) is 18.3 Å². The van der Waals surface area contributed by atoms with Gasteiger partial charge in [-0.1, -0.05) is 140 Å². The molecule has 1 heterocycles. The molecule has 5 heteroatoms. The van der Waals surface area contributed by atoms with E-state index in [0.29, 0.717) is 32.8 Å². The van der Waals surface area contributed by atoms with Gasteiger partial charge in [0.05, 0.1) is 32.5 Å². The summed E-state index contributed by atoms with van der Waals surface area (Å²) in [5.41, 5.74) is 8.04. The van der Waals surface area contributed by atoms with Crippen molar-refractivity contribution in [3.63, 3.8) is 0 Å². The lowest BCUT2D eigenvalue weighted by Crippen LogP contribution is -2.53. The molecule has 5 nitrogen and oxygen atoms in total. The van der Waals surface area contributed by atoms with E-state index in [4.69, 9.17) is 23.7 Å². The minimum atomic E-state index is -0.517. The molecule has 1 saturated heterocycles. The van der Waals surface area contributed by atoms with Crippen LogP contribution in [0.3, 0.4) is 0 Å². The standard InChI is InChI=1S/C40H38O5/c1-4-14-29(15-5-1)25-41-28-37-40(43-27-31-18-8-3-9-19-31)36(42-26-30-16-6-2-7-17-30)24-38(44-37)45-39-34-22-12-10-20-32(34)33-21-11-13-23-35(33)39/h1-23,36-40H,24-28H2/t36-,37-,38+,40+/m1/s1. The van der Waals surface area contributed by atoms with Gasteiger partial charge in [0.25, 0.3) is 0 Å². The molecule has 0 aromatic heterocycles. The average molecular weight is 599 g/mol. The summed E-state index contributed by atoms with van der Waals surface area (Å²) < 4.78 is 33.2. The summed E-state index contributed by atoms with van der Waals surface area (Å²) in [5, 5.41) is 0. The van der Waals surface area contributed by atoms with Crippen molar-refractivity contribution in [1.82, 2.24) is 0 Å². The van der Waals surface area contributed by atoms with E-state index in [1.54, 1.807) is 0 Å². The summed E-state index contributed by atoms with van der Waals surface area (Å²) >= 11 is 0. The Kier molecular flexibility index (Phi) is 9.43. The van der Waals surface area contributed by atoms with Crippen LogP contribution in [0.4, 0.5) is 0 Å². The van der Waals surface area contributed by atoms with E-state index in [1.807, 2.05) is 54.6 Å². The van der Waals surface area contributed by atoms with Crippen LogP contribution in [-0.4, -0.2) is 31.2 Å². The van der Waals surface area contributed by atoms with Gasteiger partial charge in [-0.25, -0.2) is 0 Å². The van der Waals surface area contributed by atoms with Crippen LogP contribution in [0.5, 0.6) is 0 Å². The van der Waals surface area contributed by atoms with Gasteiger partial charge >= 0.3 is 0 Å². The molecular weight excluding hydrogens is 560 g/mol. The molecule has 1 fully saturated rings. The predicted octanol–water partition coefficient (Wildman–Crippen LogP) is 8.28. The molecule has 0 N–H and O–H groups in total. The second kappa shape index (κ2) is 14.3. The summed E-state index contributed by atoms with van der Waals surface area (Å²) in [6.45, 7) is 1.74. The first-order chi connectivity index (χ1) is 22.3. The molecule has 0 saturated carbocycles. The van der Waals surface area contributed by atoms with Crippen LogP contribution < -0.4 is 0 Å². The topological polar surface area (TPSA) is 46.2 Å². The average Bonchev–Trinajstić information content (AvgIpc) is 3.41. The van der Waals surface area contributed by atoms with Crippen molar-refractivity contribution in [2.45, 2.75) is 56.9 Å². The maximum Gasteiger partial charge on any atom is 0.162 e. The first kappa shape index (κ1) is 29.6. The van der Waals surface area contributed by atoms with Crippen molar-refractivity contribution in [3.8, 4) is 11.1 Å². The maximum atomic E-state index is 6.88. The van der Waals surface area contributed by atoms with Crippen LogP contribution in [-0.2, 0) is 43.5 Å². The Balaban J connectivity index is 1.15. The van der Waals surface area contributed by atoms with E-state index >= 15 is 0 Å². The zero-order valence-corrected chi connectivity index (χ0v) is 25.2. The minimum absolute atomic E-state index is 0.232. The number of hydrogen-bond donors (Lipinski definition) is 0. The molecule has 0 radical (unpaired) electrons. The highest BCUT2D eigenvalue weighted by molar-refractivity contribution is 5.78. The molecule has 5 aromatic carbocycles. The zero-order valence-electron chi connectivity index (χ0n) is 25.2. The molecule has 0 unspecified atom stereocenters. The number of hydrogen-bond acceptors (Lipinski definition) is 5. The molecule has 0 amide bonds. The van der Waals surface area contributed by atoms with E-state index in [0.717, 1.165) is 27.8 Å². The normalized spacial score (nSPS) is 20.9. The molecule has 2 aliphatic rings. The van der Waals surface area contributed by atoms with Crippen molar-refractivity contribution >= 4 is 0 Å². The first-order valence-corrected chi connectivity index (χ1v) is 15.7. The highest BCUT2D eigenvalue weighted by Crippen LogP contribution is 2.46. The molecule has 7 rings (SSSR count). The largest absolute Gasteiger partial charge is 0.374 e. The van der Waals surface area contributed by atoms with E-state index < -0.39 is 12.4 Å². The monoisotopic (exact) mass is 598 g/mol. The van der Waals surface area contributed by atoms with Gasteiger partial charge in [-0.2, -0.15) is 0 Å². The van der Waals surface area contributed by atoms with Gasteiger partial charge in [0.2, 0.25) is 0 Å². The Morgan fingerprint density at radius 2 is 1.02 bits per heavy atom. The Labute approximate surface area is 265 Å². The summed E-state index contributed by atoms with van der Waals surface area (Å²) in [5.74, 6) is 0.